The Bertz CT molecular complexity index is 1030. The van der Waals surface area contributed by atoms with Crippen molar-refractivity contribution in [1.82, 2.24) is 0 Å². The Kier molecular flexibility index (Phi) is 6.32. The molecule has 3 rings (SSSR count). The van der Waals surface area contributed by atoms with Crippen LogP contribution in [0.3, 0.4) is 0 Å². The lowest BCUT2D eigenvalue weighted by atomic mass is 10.1. The first-order valence-electron chi connectivity index (χ1n) is 8.00. The van der Waals surface area contributed by atoms with E-state index in [2.05, 4.69) is 20.9 Å². The second-order valence-electron chi connectivity index (χ2n) is 5.77. The van der Waals surface area contributed by atoms with Gasteiger partial charge >= 0.3 is 5.97 Å². The molecule has 0 fully saturated rings. The summed E-state index contributed by atoms with van der Waals surface area (Å²) in [5.41, 5.74) is 2.62. The molecule has 0 radical (unpaired) electrons. The van der Waals surface area contributed by atoms with Crippen molar-refractivity contribution in [3.8, 4) is 5.75 Å². The molecule has 0 unspecified atom stereocenters. The summed E-state index contributed by atoms with van der Waals surface area (Å²) in [5, 5.41) is 0.787. The predicted octanol–water partition coefficient (Wildman–Crippen LogP) is 7.03. The van der Waals surface area contributed by atoms with Crippen LogP contribution in [0.5, 0.6) is 5.75 Å². The van der Waals surface area contributed by atoms with Crippen molar-refractivity contribution < 1.29 is 9.53 Å². The van der Waals surface area contributed by atoms with Gasteiger partial charge in [-0.2, -0.15) is 0 Å². The van der Waals surface area contributed by atoms with Crippen molar-refractivity contribution in [2.75, 3.05) is 0 Å². The lowest BCUT2D eigenvalue weighted by molar-refractivity contribution is 0.0734. The largest absolute Gasteiger partial charge is 0.422 e. The van der Waals surface area contributed by atoms with Gasteiger partial charge in [-0.05, 0) is 49.4 Å². The number of esters is 1. The summed E-state index contributed by atoms with van der Waals surface area (Å²) in [6.07, 6.45) is 1.58. The summed E-state index contributed by atoms with van der Waals surface area (Å²) in [6.45, 7) is 1.92. The summed E-state index contributed by atoms with van der Waals surface area (Å²) in [5.74, 6) is -0.0388. The number of aliphatic imine (C=N–C) groups is 1. The molecule has 136 valence electrons. The number of hydrogen-bond donors (Lipinski definition) is 0. The number of halogens is 3. The third-order valence-corrected chi connectivity index (χ3v) is 5.00. The Morgan fingerprint density at radius 3 is 2.63 bits per heavy atom. The molecular formula is C21H14BrCl2NO2. The molecule has 0 aliphatic rings. The van der Waals surface area contributed by atoms with Crippen molar-refractivity contribution >= 4 is 57.0 Å². The molecule has 0 bridgehead atoms. The number of aryl methyl sites for hydroxylation is 1. The van der Waals surface area contributed by atoms with Crippen molar-refractivity contribution in [3.63, 3.8) is 0 Å². The number of carbonyl (C=O) groups is 1. The van der Waals surface area contributed by atoms with E-state index in [1.807, 2.05) is 19.1 Å². The van der Waals surface area contributed by atoms with Gasteiger partial charge in [0.25, 0.3) is 0 Å². The van der Waals surface area contributed by atoms with Crippen molar-refractivity contribution in [3.05, 3.63) is 91.9 Å². The average molecular weight is 463 g/mol. The van der Waals surface area contributed by atoms with Gasteiger partial charge in [0.15, 0.2) is 0 Å². The van der Waals surface area contributed by atoms with Gasteiger partial charge < -0.3 is 4.74 Å². The third kappa shape index (κ3) is 4.98. The average Bonchev–Trinajstić information content (AvgIpc) is 2.64. The molecule has 0 aromatic heterocycles. The predicted molar refractivity (Wildman–Crippen MR) is 114 cm³/mol. The maximum atomic E-state index is 12.5. The van der Waals surface area contributed by atoms with E-state index in [4.69, 9.17) is 27.9 Å². The Morgan fingerprint density at radius 2 is 1.85 bits per heavy atom. The third-order valence-electron chi connectivity index (χ3n) is 3.70. The van der Waals surface area contributed by atoms with Crippen LogP contribution in [0.4, 0.5) is 5.69 Å². The van der Waals surface area contributed by atoms with E-state index >= 15 is 0 Å². The molecule has 27 heavy (non-hydrogen) atoms. The molecule has 3 nitrogen and oxygen atoms in total. The summed E-state index contributed by atoms with van der Waals surface area (Å²) < 4.78 is 6.40. The summed E-state index contributed by atoms with van der Waals surface area (Å²) in [7, 11) is 0. The van der Waals surface area contributed by atoms with Crippen molar-refractivity contribution in [2.45, 2.75) is 6.92 Å². The first-order valence-corrected chi connectivity index (χ1v) is 9.55. The number of ether oxygens (including phenoxy) is 1. The standard InChI is InChI=1S/C21H14BrCl2NO2/c1-13-4-2-5-14(10-13)21(26)27-19-9-8-16(22)11-15(19)12-25-18-7-3-6-17(23)20(18)24/h2-12H,1H3/b25-12+. The van der Waals surface area contributed by atoms with Crippen LogP contribution in [0.1, 0.15) is 21.5 Å². The molecule has 0 spiro atoms. The fourth-order valence-corrected chi connectivity index (χ4v) is 3.10. The lowest BCUT2D eigenvalue weighted by Crippen LogP contribution is -2.10. The zero-order valence-corrected chi connectivity index (χ0v) is 17.3. The number of benzene rings is 3. The van der Waals surface area contributed by atoms with Crippen LogP contribution in [0, 0.1) is 6.92 Å². The van der Waals surface area contributed by atoms with Crippen LogP contribution in [-0.4, -0.2) is 12.2 Å². The van der Waals surface area contributed by atoms with Gasteiger partial charge in [-0.3, -0.25) is 4.99 Å². The van der Waals surface area contributed by atoms with E-state index in [0.29, 0.717) is 32.6 Å². The topological polar surface area (TPSA) is 38.7 Å². The fraction of sp³-hybridized carbons (Fsp3) is 0.0476. The molecule has 0 N–H and O–H groups in total. The quantitative estimate of drug-likeness (QED) is 0.237. The summed E-state index contributed by atoms with van der Waals surface area (Å²) >= 11 is 15.6. The number of hydrogen-bond acceptors (Lipinski definition) is 3. The maximum absolute atomic E-state index is 12.5. The molecule has 0 aliphatic carbocycles. The summed E-state index contributed by atoms with van der Waals surface area (Å²) in [6, 6.07) is 17.7. The van der Waals surface area contributed by atoms with Gasteiger partial charge in [-0.25, -0.2) is 4.79 Å². The Hall–Kier alpha value is -2.14. The Labute approximate surface area is 175 Å². The van der Waals surface area contributed by atoms with Gasteiger partial charge in [0.05, 0.1) is 21.3 Å². The minimum atomic E-state index is -0.434. The molecule has 3 aromatic rings. The zero-order valence-electron chi connectivity index (χ0n) is 14.2. The van der Waals surface area contributed by atoms with E-state index in [-0.39, 0.29) is 0 Å². The SMILES string of the molecule is Cc1cccc(C(=O)Oc2ccc(Br)cc2/C=N/c2cccc(Cl)c2Cl)c1. The van der Waals surface area contributed by atoms with Gasteiger partial charge in [0.2, 0.25) is 0 Å². The van der Waals surface area contributed by atoms with Crippen molar-refractivity contribution in [1.29, 1.82) is 0 Å². The van der Waals surface area contributed by atoms with Gasteiger partial charge in [-0.1, -0.05) is 62.9 Å². The molecular weight excluding hydrogens is 449 g/mol. The van der Waals surface area contributed by atoms with Crippen LogP contribution < -0.4 is 4.74 Å². The normalized spacial score (nSPS) is 11.0. The fourth-order valence-electron chi connectivity index (χ4n) is 2.38. The van der Waals surface area contributed by atoms with E-state index < -0.39 is 5.97 Å². The molecule has 0 amide bonds. The minimum Gasteiger partial charge on any atom is -0.422 e. The lowest BCUT2D eigenvalue weighted by Gasteiger charge is -2.09. The number of carbonyl (C=O) groups excluding carboxylic acids is 1. The van der Waals surface area contributed by atoms with Crippen LogP contribution in [0.15, 0.2) is 70.1 Å². The number of nitrogens with zero attached hydrogens (tertiary/aromatic N) is 1. The highest BCUT2D eigenvalue weighted by Crippen LogP contribution is 2.32. The van der Waals surface area contributed by atoms with Crippen LogP contribution in [0.25, 0.3) is 0 Å². The molecule has 0 atom stereocenters. The summed E-state index contributed by atoms with van der Waals surface area (Å²) in [4.78, 5) is 16.8. The molecule has 0 aliphatic heterocycles. The maximum Gasteiger partial charge on any atom is 0.343 e. The molecule has 6 heteroatoms. The van der Waals surface area contributed by atoms with E-state index in [1.54, 1.807) is 54.7 Å². The Balaban J connectivity index is 1.90. The van der Waals surface area contributed by atoms with E-state index in [1.165, 1.54) is 0 Å². The highest BCUT2D eigenvalue weighted by Gasteiger charge is 2.12. The second kappa shape index (κ2) is 8.70. The minimum absolute atomic E-state index is 0.365. The van der Waals surface area contributed by atoms with Crippen LogP contribution in [0.2, 0.25) is 10.0 Å². The smallest absolute Gasteiger partial charge is 0.343 e. The first-order chi connectivity index (χ1) is 12.9. The second-order valence-corrected chi connectivity index (χ2v) is 7.47. The zero-order chi connectivity index (χ0) is 19.4. The molecule has 0 saturated heterocycles. The van der Waals surface area contributed by atoms with Gasteiger partial charge in [0, 0.05) is 16.3 Å². The van der Waals surface area contributed by atoms with E-state index in [0.717, 1.165) is 10.0 Å². The highest BCUT2D eigenvalue weighted by molar-refractivity contribution is 9.10. The van der Waals surface area contributed by atoms with Gasteiger partial charge in [0.1, 0.15) is 5.75 Å². The Morgan fingerprint density at radius 1 is 1.07 bits per heavy atom. The first kappa shape index (κ1) is 19.6. The highest BCUT2D eigenvalue weighted by atomic mass is 79.9. The van der Waals surface area contributed by atoms with Crippen molar-refractivity contribution in [2.24, 2.45) is 4.99 Å². The molecule has 3 aromatic carbocycles. The number of rotatable bonds is 4. The van der Waals surface area contributed by atoms with Gasteiger partial charge in [-0.15, -0.1) is 0 Å². The van der Waals surface area contributed by atoms with E-state index in [9.17, 15) is 4.79 Å². The van der Waals surface area contributed by atoms with Crippen LogP contribution in [-0.2, 0) is 0 Å². The molecule has 0 heterocycles. The molecule has 0 saturated carbocycles. The monoisotopic (exact) mass is 461 g/mol. The van der Waals surface area contributed by atoms with Crippen LogP contribution >= 0.6 is 39.1 Å².